The summed E-state index contributed by atoms with van der Waals surface area (Å²) < 4.78 is 0. The quantitative estimate of drug-likeness (QED) is 0.535. The highest BCUT2D eigenvalue weighted by atomic mass is 16.1. The minimum atomic E-state index is 0.171. The predicted molar refractivity (Wildman–Crippen MR) is 48.8 cm³/mol. The zero-order valence-electron chi connectivity index (χ0n) is 7.47. The predicted octanol–water partition coefficient (Wildman–Crippen LogP) is 2.63. The van der Waals surface area contributed by atoms with Crippen molar-refractivity contribution in [3.05, 3.63) is 23.8 Å². The lowest BCUT2D eigenvalue weighted by atomic mass is 9.69. The third-order valence-corrected chi connectivity index (χ3v) is 3.06. The van der Waals surface area contributed by atoms with Crippen molar-refractivity contribution >= 4 is 5.78 Å². The number of carbonyl (C=O) groups excluding carboxylic acids is 1. The highest BCUT2D eigenvalue weighted by molar-refractivity contribution is 6.01. The molecule has 1 fully saturated rings. The number of hydrogen-bond acceptors (Lipinski definition) is 1. The molecule has 1 saturated carbocycles. The van der Waals surface area contributed by atoms with Crippen LogP contribution in [0.3, 0.4) is 0 Å². The highest BCUT2D eigenvalue weighted by Crippen LogP contribution is 2.43. The van der Waals surface area contributed by atoms with Gasteiger partial charge in [0.25, 0.3) is 0 Å². The summed E-state index contributed by atoms with van der Waals surface area (Å²) in [5.74, 6) is 0.171. The van der Waals surface area contributed by atoms with E-state index in [1.807, 2.05) is 6.08 Å². The van der Waals surface area contributed by atoms with Crippen molar-refractivity contribution in [3.63, 3.8) is 0 Å². The number of ketones is 1. The Morgan fingerprint density at radius 2 is 2.25 bits per heavy atom. The molecule has 0 bridgehead atoms. The van der Waals surface area contributed by atoms with Crippen LogP contribution in [-0.4, -0.2) is 5.78 Å². The molecule has 0 aromatic carbocycles. The minimum Gasteiger partial charge on any atom is -0.290 e. The van der Waals surface area contributed by atoms with E-state index in [0.717, 1.165) is 6.42 Å². The van der Waals surface area contributed by atoms with Crippen LogP contribution in [0.5, 0.6) is 0 Å². The average Bonchev–Trinajstić information content (AvgIpc) is 2.06. The topological polar surface area (TPSA) is 17.1 Å². The largest absolute Gasteiger partial charge is 0.290 e. The SMILES string of the molecule is CC12C=CC(=O)C=C1CCCC2. The van der Waals surface area contributed by atoms with Crippen molar-refractivity contribution in [2.45, 2.75) is 32.6 Å². The molecule has 64 valence electrons. The lowest BCUT2D eigenvalue weighted by molar-refractivity contribution is -0.110. The van der Waals surface area contributed by atoms with Crippen molar-refractivity contribution < 1.29 is 4.79 Å². The molecule has 12 heavy (non-hydrogen) atoms. The van der Waals surface area contributed by atoms with E-state index in [2.05, 4.69) is 13.0 Å². The molecule has 0 heterocycles. The fourth-order valence-electron chi connectivity index (χ4n) is 2.17. The lowest BCUT2D eigenvalue weighted by Gasteiger charge is -2.35. The molecule has 2 aliphatic carbocycles. The number of hydrogen-bond donors (Lipinski definition) is 0. The summed E-state index contributed by atoms with van der Waals surface area (Å²) >= 11 is 0. The van der Waals surface area contributed by atoms with Crippen LogP contribution in [0.15, 0.2) is 23.8 Å². The first-order chi connectivity index (χ1) is 5.71. The van der Waals surface area contributed by atoms with Crippen molar-refractivity contribution in [2.24, 2.45) is 5.41 Å². The first-order valence-corrected chi connectivity index (χ1v) is 4.65. The van der Waals surface area contributed by atoms with Crippen LogP contribution >= 0.6 is 0 Å². The maximum Gasteiger partial charge on any atom is 0.178 e. The molecule has 1 atom stereocenters. The second kappa shape index (κ2) is 2.58. The van der Waals surface area contributed by atoms with Crippen molar-refractivity contribution in [1.82, 2.24) is 0 Å². The molecule has 2 aliphatic rings. The van der Waals surface area contributed by atoms with Gasteiger partial charge < -0.3 is 0 Å². The van der Waals surface area contributed by atoms with Gasteiger partial charge in [-0.25, -0.2) is 0 Å². The van der Waals surface area contributed by atoms with E-state index in [9.17, 15) is 4.79 Å². The molecule has 0 radical (unpaired) electrons. The molecule has 0 amide bonds. The lowest BCUT2D eigenvalue weighted by Crippen LogP contribution is -2.24. The molecule has 2 rings (SSSR count). The monoisotopic (exact) mass is 162 g/mol. The van der Waals surface area contributed by atoms with Gasteiger partial charge in [-0.3, -0.25) is 4.79 Å². The maximum atomic E-state index is 11.1. The second-order valence-corrected chi connectivity index (χ2v) is 4.03. The molecule has 0 N–H and O–H groups in total. The number of carbonyl (C=O) groups is 1. The van der Waals surface area contributed by atoms with Gasteiger partial charge in [0, 0.05) is 5.41 Å². The molecule has 0 aromatic rings. The second-order valence-electron chi connectivity index (χ2n) is 4.03. The van der Waals surface area contributed by atoms with Gasteiger partial charge in [0.2, 0.25) is 0 Å². The van der Waals surface area contributed by atoms with Crippen LogP contribution in [0.1, 0.15) is 32.6 Å². The smallest absolute Gasteiger partial charge is 0.178 e. The van der Waals surface area contributed by atoms with E-state index in [1.54, 1.807) is 6.08 Å². The van der Waals surface area contributed by atoms with Crippen LogP contribution in [-0.2, 0) is 4.79 Å². The van der Waals surface area contributed by atoms with E-state index in [4.69, 9.17) is 0 Å². The molecular formula is C11H14O. The van der Waals surface area contributed by atoms with E-state index in [-0.39, 0.29) is 11.2 Å². The van der Waals surface area contributed by atoms with E-state index < -0.39 is 0 Å². The number of rotatable bonds is 0. The molecule has 0 saturated heterocycles. The summed E-state index contributed by atoms with van der Waals surface area (Å²) in [6.07, 6.45) is 10.5. The van der Waals surface area contributed by atoms with Crippen LogP contribution in [0, 0.1) is 5.41 Å². The first kappa shape index (κ1) is 7.78. The molecule has 1 nitrogen and oxygen atoms in total. The van der Waals surface area contributed by atoms with E-state index in [0.29, 0.717) is 0 Å². The molecule has 0 aliphatic heterocycles. The normalized spacial score (nSPS) is 34.4. The summed E-state index contributed by atoms with van der Waals surface area (Å²) in [6.45, 7) is 2.24. The standard InChI is InChI=1S/C11H14O/c1-11-6-3-2-4-9(11)8-10(12)5-7-11/h5,7-8H,2-4,6H2,1H3. The Kier molecular flexibility index (Phi) is 1.67. The first-order valence-electron chi connectivity index (χ1n) is 4.65. The van der Waals surface area contributed by atoms with Crippen LogP contribution in [0.25, 0.3) is 0 Å². The van der Waals surface area contributed by atoms with Crippen molar-refractivity contribution in [1.29, 1.82) is 0 Å². The Bertz CT molecular complexity index is 273. The third-order valence-electron chi connectivity index (χ3n) is 3.06. The Labute approximate surface area is 73.2 Å². The average molecular weight is 162 g/mol. The van der Waals surface area contributed by atoms with Crippen molar-refractivity contribution in [2.75, 3.05) is 0 Å². The van der Waals surface area contributed by atoms with Gasteiger partial charge in [0.15, 0.2) is 5.78 Å². The van der Waals surface area contributed by atoms with E-state index >= 15 is 0 Å². The summed E-state index contributed by atoms with van der Waals surface area (Å²) in [5, 5.41) is 0. The number of fused-ring (bicyclic) bond motifs is 1. The molecular weight excluding hydrogens is 148 g/mol. The molecule has 1 heteroatoms. The minimum absolute atomic E-state index is 0.171. The van der Waals surface area contributed by atoms with Gasteiger partial charge in [-0.05, 0) is 31.4 Å². The van der Waals surface area contributed by atoms with Gasteiger partial charge in [0.1, 0.15) is 0 Å². The maximum absolute atomic E-state index is 11.1. The molecule has 0 spiro atoms. The Hall–Kier alpha value is -0.850. The third kappa shape index (κ3) is 1.13. The summed E-state index contributed by atoms with van der Waals surface area (Å²) in [4.78, 5) is 11.1. The van der Waals surface area contributed by atoms with Crippen LogP contribution in [0.4, 0.5) is 0 Å². The number of allylic oxidation sites excluding steroid dienone is 4. The summed E-state index contributed by atoms with van der Waals surface area (Å²) in [6, 6.07) is 0. The Balaban J connectivity index is 2.34. The Morgan fingerprint density at radius 3 is 3.08 bits per heavy atom. The van der Waals surface area contributed by atoms with Gasteiger partial charge >= 0.3 is 0 Å². The highest BCUT2D eigenvalue weighted by Gasteiger charge is 2.31. The van der Waals surface area contributed by atoms with Gasteiger partial charge in [-0.15, -0.1) is 0 Å². The van der Waals surface area contributed by atoms with E-state index in [1.165, 1.54) is 24.8 Å². The molecule has 0 aromatic heterocycles. The Morgan fingerprint density at radius 1 is 1.42 bits per heavy atom. The van der Waals surface area contributed by atoms with Gasteiger partial charge in [0.05, 0.1) is 0 Å². The fraction of sp³-hybridized carbons (Fsp3) is 0.545. The van der Waals surface area contributed by atoms with Crippen LogP contribution < -0.4 is 0 Å². The zero-order chi connectivity index (χ0) is 8.60. The molecule has 1 unspecified atom stereocenters. The summed E-state index contributed by atoms with van der Waals surface area (Å²) in [5.41, 5.74) is 1.56. The summed E-state index contributed by atoms with van der Waals surface area (Å²) in [7, 11) is 0. The van der Waals surface area contributed by atoms with Crippen LogP contribution in [0.2, 0.25) is 0 Å². The zero-order valence-corrected chi connectivity index (χ0v) is 7.47. The fourth-order valence-corrected chi connectivity index (χ4v) is 2.17. The van der Waals surface area contributed by atoms with Gasteiger partial charge in [-0.1, -0.05) is 25.0 Å². The van der Waals surface area contributed by atoms with Gasteiger partial charge in [-0.2, -0.15) is 0 Å². The van der Waals surface area contributed by atoms with Crippen molar-refractivity contribution in [3.8, 4) is 0 Å².